The molecule has 2 aromatic rings. The fraction of sp³-hybridized carbons (Fsp3) is 0.542. The lowest BCUT2D eigenvalue weighted by Gasteiger charge is -2.33. The quantitative estimate of drug-likeness (QED) is 0.681. The van der Waals surface area contributed by atoms with Crippen molar-refractivity contribution in [2.75, 3.05) is 25.0 Å². The van der Waals surface area contributed by atoms with Crippen molar-refractivity contribution in [3.8, 4) is 0 Å². The Morgan fingerprint density at radius 3 is 2.78 bits per heavy atom. The van der Waals surface area contributed by atoms with E-state index in [0.29, 0.717) is 31.1 Å². The number of anilines is 1. The van der Waals surface area contributed by atoms with E-state index in [1.807, 2.05) is 23.4 Å². The zero-order valence-corrected chi connectivity index (χ0v) is 19.4. The van der Waals surface area contributed by atoms with E-state index in [4.69, 9.17) is 0 Å². The average molecular weight is 444 g/mol. The minimum atomic E-state index is -0.399. The van der Waals surface area contributed by atoms with Crippen LogP contribution in [-0.2, 0) is 17.8 Å². The van der Waals surface area contributed by atoms with Crippen LogP contribution >= 0.6 is 0 Å². The van der Waals surface area contributed by atoms with Gasteiger partial charge in [0.1, 0.15) is 5.82 Å². The van der Waals surface area contributed by atoms with Crippen molar-refractivity contribution in [1.82, 2.24) is 20.0 Å². The van der Waals surface area contributed by atoms with Crippen molar-refractivity contribution in [3.05, 3.63) is 47.0 Å². The second-order valence-corrected chi connectivity index (χ2v) is 9.10. The number of carbonyl (C=O) groups excluding carboxylic acids is 2. The lowest BCUT2D eigenvalue weighted by atomic mass is 9.97. The number of likely N-dealkylation sites (tertiary alicyclic amines) is 1. The number of carbonyl (C=O) groups is 2. The number of piperidine rings is 1. The molecule has 3 amide bonds. The van der Waals surface area contributed by atoms with E-state index in [1.165, 1.54) is 12.1 Å². The van der Waals surface area contributed by atoms with Crippen molar-refractivity contribution in [2.24, 2.45) is 11.8 Å². The summed E-state index contributed by atoms with van der Waals surface area (Å²) in [4.78, 5) is 27.1. The Morgan fingerprint density at radius 2 is 2.06 bits per heavy atom. The summed E-state index contributed by atoms with van der Waals surface area (Å²) in [6.45, 7) is 11.0. The van der Waals surface area contributed by atoms with Crippen LogP contribution in [0, 0.1) is 31.5 Å². The van der Waals surface area contributed by atoms with Gasteiger partial charge in [-0.15, -0.1) is 0 Å². The molecule has 0 saturated carbocycles. The van der Waals surface area contributed by atoms with Crippen LogP contribution in [0.1, 0.15) is 43.6 Å². The molecular formula is C24H34FN5O2. The van der Waals surface area contributed by atoms with E-state index in [-0.39, 0.29) is 17.9 Å². The SMILES string of the molecule is Cc1nn(CC(C)C)c(C)c1CC(=O)N1CCCC(CNC(=O)Nc2cccc(F)c2)C1. The Bertz CT molecular complexity index is 956. The molecule has 0 radical (unpaired) electrons. The van der Waals surface area contributed by atoms with Gasteiger partial charge in [-0.25, -0.2) is 9.18 Å². The summed E-state index contributed by atoms with van der Waals surface area (Å²) in [5, 5.41) is 10.1. The van der Waals surface area contributed by atoms with Gasteiger partial charge in [-0.05, 0) is 56.7 Å². The number of urea groups is 1. The van der Waals surface area contributed by atoms with Gasteiger partial charge < -0.3 is 15.5 Å². The smallest absolute Gasteiger partial charge is 0.319 e. The number of nitrogens with one attached hydrogen (secondary N) is 2. The maximum atomic E-state index is 13.3. The fourth-order valence-corrected chi connectivity index (χ4v) is 4.21. The van der Waals surface area contributed by atoms with Crippen LogP contribution in [0.15, 0.2) is 24.3 Å². The molecule has 2 heterocycles. The number of nitrogens with zero attached hydrogens (tertiary/aromatic N) is 3. The molecule has 1 aromatic carbocycles. The molecule has 3 rings (SSSR count). The monoisotopic (exact) mass is 443 g/mol. The van der Waals surface area contributed by atoms with Gasteiger partial charge >= 0.3 is 6.03 Å². The van der Waals surface area contributed by atoms with Crippen LogP contribution in [0.4, 0.5) is 14.9 Å². The third-order valence-electron chi connectivity index (χ3n) is 5.90. The first-order valence-corrected chi connectivity index (χ1v) is 11.3. The predicted molar refractivity (Wildman–Crippen MR) is 123 cm³/mol. The molecule has 0 spiro atoms. The topological polar surface area (TPSA) is 79.3 Å². The first kappa shape index (κ1) is 23.8. The molecule has 32 heavy (non-hydrogen) atoms. The predicted octanol–water partition coefficient (Wildman–Crippen LogP) is 3.90. The van der Waals surface area contributed by atoms with E-state index in [0.717, 1.165) is 42.9 Å². The van der Waals surface area contributed by atoms with Crippen LogP contribution < -0.4 is 10.6 Å². The molecule has 1 fully saturated rings. The van der Waals surface area contributed by atoms with E-state index >= 15 is 0 Å². The molecule has 8 heteroatoms. The van der Waals surface area contributed by atoms with E-state index in [9.17, 15) is 14.0 Å². The first-order chi connectivity index (χ1) is 15.2. The zero-order chi connectivity index (χ0) is 23.3. The molecule has 1 aliphatic heterocycles. The second-order valence-electron chi connectivity index (χ2n) is 9.10. The number of halogens is 1. The molecule has 7 nitrogen and oxygen atoms in total. The molecule has 1 saturated heterocycles. The van der Waals surface area contributed by atoms with Gasteiger partial charge in [0.15, 0.2) is 0 Å². The zero-order valence-electron chi connectivity index (χ0n) is 19.4. The fourth-order valence-electron chi connectivity index (χ4n) is 4.21. The number of hydrogen-bond acceptors (Lipinski definition) is 3. The number of amides is 3. The standard InChI is InChI=1S/C24H34FN5O2/c1-16(2)14-30-18(4)22(17(3)28-30)12-23(31)29-10-6-7-19(15-29)13-26-24(32)27-21-9-5-8-20(25)11-21/h5,8-9,11,16,19H,6-7,10,12-15H2,1-4H3,(H2,26,27,32). The van der Waals surface area contributed by atoms with Gasteiger partial charge in [0.2, 0.25) is 5.91 Å². The molecular weight excluding hydrogens is 409 g/mol. The maximum Gasteiger partial charge on any atom is 0.319 e. The Labute approximate surface area is 189 Å². The number of benzene rings is 1. The minimum Gasteiger partial charge on any atom is -0.342 e. The summed E-state index contributed by atoms with van der Waals surface area (Å²) in [7, 11) is 0. The Kier molecular flexibility index (Phi) is 7.88. The van der Waals surface area contributed by atoms with E-state index in [2.05, 4.69) is 29.6 Å². The van der Waals surface area contributed by atoms with Crippen LogP contribution in [0.5, 0.6) is 0 Å². The van der Waals surface area contributed by atoms with Gasteiger partial charge in [-0.1, -0.05) is 19.9 Å². The third-order valence-corrected chi connectivity index (χ3v) is 5.90. The highest BCUT2D eigenvalue weighted by molar-refractivity contribution is 5.89. The van der Waals surface area contributed by atoms with Crippen LogP contribution in [-0.4, -0.2) is 46.3 Å². The number of hydrogen-bond donors (Lipinski definition) is 2. The number of rotatable bonds is 7. The molecule has 1 atom stereocenters. The number of aromatic nitrogens is 2. The van der Waals surface area contributed by atoms with Crippen LogP contribution in [0.3, 0.4) is 0 Å². The summed E-state index contributed by atoms with van der Waals surface area (Å²) in [5.74, 6) is 0.389. The lowest BCUT2D eigenvalue weighted by Crippen LogP contribution is -2.44. The number of aryl methyl sites for hydroxylation is 1. The Hall–Kier alpha value is -2.90. The summed E-state index contributed by atoms with van der Waals surface area (Å²) in [6.07, 6.45) is 2.22. The summed E-state index contributed by atoms with van der Waals surface area (Å²) in [5.41, 5.74) is 3.41. The molecule has 2 N–H and O–H groups in total. The van der Waals surface area contributed by atoms with Crippen molar-refractivity contribution in [1.29, 1.82) is 0 Å². The highest BCUT2D eigenvalue weighted by Crippen LogP contribution is 2.20. The highest BCUT2D eigenvalue weighted by atomic mass is 19.1. The van der Waals surface area contributed by atoms with Crippen LogP contribution in [0.25, 0.3) is 0 Å². The van der Waals surface area contributed by atoms with Crippen molar-refractivity contribution in [2.45, 2.75) is 53.5 Å². The van der Waals surface area contributed by atoms with Gasteiger partial charge in [-0.2, -0.15) is 5.10 Å². The second kappa shape index (κ2) is 10.6. The summed E-state index contributed by atoms with van der Waals surface area (Å²) in [6, 6.07) is 5.41. The Morgan fingerprint density at radius 1 is 1.28 bits per heavy atom. The van der Waals surface area contributed by atoms with E-state index in [1.54, 1.807) is 12.1 Å². The molecule has 174 valence electrons. The first-order valence-electron chi connectivity index (χ1n) is 11.3. The maximum absolute atomic E-state index is 13.3. The van der Waals surface area contributed by atoms with Gasteiger partial charge in [0.25, 0.3) is 0 Å². The summed E-state index contributed by atoms with van der Waals surface area (Å²) >= 11 is 0. The van der Waals surface area contributed by atoms with Gasteiger partial charge in [-0.3, -0.25) is 9.48 Å². The van der Waals surface area contributed by atoms with Gasteiger partial charge in [0.05, 0.1) is 12.1 Å². The largest absolute Gasteiger partial charge is 0.342 e. The normalized spacial score (nSPS) is 16.3. The molecule has 1 aliphatic rings. The van der Waals surface area contributed by atoms with Crippen molar-refractivity contribution < 1.29 is 14.0 Å². The van der Waals surface area contributed by atoms with Crippen molar-refractivity contribution >= 4 is 17.6 Å². The third kappa shape index (κ3) is 6.31. The molecule has 0 bridgehead atoms. The Balaban J connectivity index is 1.51. The van der Waals surface area contributed by atoms with E-state index < -0.39 is 5.82 Å². The average Bonchev–Trinajstić information content (AvgIpc) is 2.99. The summed E-state index contributed by atoms with van der Waals surface area (Å²) < 4.78 is 15.3. The lowest BCUT2D eigenvalue weighted by molar-refractivity contribution is -0.132. The minimum absolute atomic E-state index is 0.106. The van der Waals surface area contributed by atoms with Gasteiger partial charge in [0, 0.05) is 43.1 Å². The highest BCUT2D eigenvalue weighted by Gasteiger charge is 2.25. The molecule has 1 unspecified atom stereocenters. The van der Waals surface area contributed by atoms with Crippen molar-refractivity contribution in [3.63, 3.8) is 0 Å². The molecule has 0 aliphatic carbocycles. The molecule has 1 aromatic heterocycles. The van der Waals surface area contributed by atoms with Crippen LogP contribution in [0.2, 0.25) is 0 Å².